The van der Waals surface area contributed by atoms with Crippen molar-refractivity contribution in [1.29, 1.82) is 0 Å². The number of benzene rings is 1. The first-order valence-electron chi connectivity index (χ1n) is 8.67. The number of nitrogens with zero attached hydrogens (tertiary/aromatic N) is 4. The Morgan fingerprint density at radius 1 is 1.14 bits per heavy atom. The third-order valence-corrected chi connectivity index (χ3v) is 5.51. The highest BCUT2D eigenvalue weighted by atomic mass is 35.5. The van der Waals surface area contributed by atoms with E-state index >= 15 is 0 Å². The maximum absolute atomic E-state index is 12.6. The standard InChI is InChI=1S/C18H19ClN6O3S/c1-4-25-10-15(19)16(23-25)17(26)22-13-5-7-14(8-6-13)29(27,28)24-18-20-11(2)9-12(3)21-18/h5-10H,4H2,1-3H3,(H,22,26)(H,20,21,24). The van der Waals surface area contributed by atoms with Gasteiger partial charge in [0.2, 0.25) is 5.95 Å². The number of carbonyl (C=O) groups is 1. The summed E-state index contributed by atoms with van der Waals surface area (Å²) in [5.74, 6) is -0.486. The van der Waals surface area contributed by atoms with Gasteiger partial charge in [-0.3, -0.25) is 9.48 Å². The Morgan fingerprint density at radius 3 is 2.31 bits per heavy atom. The third-order valence-electron chi connectivity index (χ3n) is 3.89. The van der Waals surface area contributed by atoms with Crippen molar-refractivity contribution in [3.63, 3.8) is 0 Å². The summed E-state index contributed by atoms with van der Waals surface area (Å²) in [6.07, 6.45) is 1.56. The van der Waals surface area contributed by atoms with Gasteiger partial charge in [0.15, 0.2) is 5.69 Å². The normalized spacial score (nSPS) is 11.3. The second-order valence-electron chi connectivity index (χ2n) is 6.24. The fourth-order valence-corrected chi connectivity index (χ4v) is 3.75. The molecule has 9 nitrogen and oxygen atoms in total. The molecule has 0 aliphatic heterocycles. The number of halogens is 1. The second kappa shape index (κ2) is 8.18. The number of hydrogen-bond donors (Lipinski definition) is 2. The summed E-state index contributed by atoms with van der Waals surface area (Å²) < 4.78 is 29.0. The molecule has 152 valence electrons. The molecule has 0 unspecified atom stereocenters. The first kappa shape index (κ1) is 20.7. The molecule has 11 heteroatoms. The van der Waals surface area contributed by atoms with Crippen LogP contribution in [0.3, 0.4) is 0 Å². The summed E-state index contributed by atoms with van der Waals surface area (Å²) in [7, 11) is -3.88. The van der Waals surface area contributed by atoms with E-state index in [0.717, 1.165) is 0 Å². The first-order chi connectivity index (χ1) is 13.7. The van der Waals surface area contributed by atoms with Crippen LogP contribution >= 0.6 is 11.6 Å². The molecule has 1 amide bonds. The van der Waals surface area contributed by atoms with Crippen LogP contribution in [0.1, 0.15) is 28.8 Å². The largest absolute Gasteiger partial charge is 0.321 e. The molecule has 0 bridgehead atoms. The average molecular weight is 435 g/mol. The molecule has 2 aromatic heterocycles. The predicted molar refractivity (Wildman–Crippen MR) is 110 cm³/mol. The van der Waals surface area contributed by atoms with Gasteiger partial charge in [0.25, 0.3) is 15.9 Å². The summed E-state index contributed by atoms with van der Waals surface area (Å²) in [6.45, 7) is 5.96. The molecular weight excluding hydrogens is 416 g/mol. The summed E-state index contributed by atoms with van der Waals surface area (Å²) in [5, 5.41) is 6.97. The Kier molecular flexibility index (Phi) is 5.85. The molecule has 2 heterocycles. The number of carbonyl (C=O) groups excluding carboxylic acids is 1. The number of nitrogens with one attached hydrogen (secondary N) is 2. The van der Waals surface area contributed by atoms with Gasteiger partial charge < -0.3 is 5.32 Å². The van der Waals surface area contributed by atoms with Gasteiger partial charge in [-0.25, -0.2) is 23.1 Å². The molecule has 0 atom stereocenters. The van der Waals surface area contributed by atoms with Gasteiger partial charge in [0.05, 0.1) is 9.92 Å². The molecule has 0 fully saturated rings. The minimum absolute atomic E-state index is 0.000955. The number of aryl methyl sites for hydroxylation is 3. The number of hydrogen-bond acceptors (Lipinski definition) is 6. The van der Waals surface area contributed by atoms with Crippen LogP contribution in [0.4, 0.5) is 11.6 Å². The number of anilines is 2. The second-order valence-corrected chi connectivity index (χ2v) is 8.33. The zero-order chi connectivity index (χ0) is 21.2. The molecule has 0 radical (unpaired) electrons. The summed E-state index contributed by atoms with van der Waals surface area (Å²) in [4.78, 5) is 20.5. The Morgan fingerprint density at radius 2 is 1.76 bits per heavy atom. The highest BCUT2D eigenvalue weighted by Crippen LogP contribution is 2.19. The Labute approximate surface area is 173 Å². The Balaban J connectivity index is 1.75. The number of amides is 1. The quantitative estimate of drug-likeness (QED) is 0.615. The molecule has 0 spiro atoms. The van der Waals surface area contributed by atoms with E-state index in [0.29, 0.717) is 23.6 Å². The van der Waals surface area contributed by atoms with Crippen LogP contribution in [0.5, 0.6) is 0 Å². The fraction of sp³-hybridized carbons (Fsp3) is 0.222. The maximum atomic E-state index is 12.6. The minimum Gasteiger partial charge on any atom is -0.321 e. The van der Waals surface area contributed by atoms with Crippen molar-refractivity contribution in [2.45, 2.75) is 32.2 Å². The Bertz CT molecular complexity index is 1140. The summed E-state index contributed by atoms with van der Waals surface area (Å²) >= 11 is 6.03. The van der Waals surface area contributed by atoms with E-state index in [1.165, 1.54) is 24.3 Å². The zero-order valence-electron chi connectivity index (χ0n) is 16.0. The van der Waals surface area contributed by atoms with Crippen molar-refractivity contribution in [3.05, 3.63) is 58.6 Å². The highest BCUT2D eigenvalue weighted by molar-refractivity contribution is 7.92. The Hall–Kier alpha value is -2.98. The lowest BCUT2D eigenvalue weighted by molar-refractivity contribution is 0.102. The van der Waals surface area contributed by atoms with E-state index in [-0.39, 0.29) is 21.6 Å². The van der Waals surface area contributed by atoms with Gasteiger partial charge in [0.1, 0.15) is 0 Å². The lowest BCUT2D eigenvalue weighted by Gasteiger charge is -2.09. The van der Waals surface area contributed by atoms with Crippen LogP contribution < -0.4 is 10.0 Å². The van der Waals surface area contributed by atoms with Crippen molar-refractivity contribution < 1.29 is 13.2 Å². The van der Waals surface area contributed by atoms with Crippen molar-refractivity contribution in [3.8, 4) is 0 Å². The molecular formula is C18H19ClN6O3S. The van der Waals surface area contributed by atoms with Crippen LogP contribution in [-0.2, 0) is 16.6 Å². The topological polar surface area (TPSA) is 119 Å². The average Bonchev–Trinajstić information content (AvgIpc) is 3.02. The molecule has 2 N–H and O–H groups in total. The highest BCUT2D eigenvalue weighted by Gasteiger charge is 2.18. The third kappa shape index (κ3) is 4.90. The van der Waals surface area contributed by atoms with Gasteiger partial charge in [-0.15, -0.1) is 0 Å². The van der Waals surface area contributed by atoms with Crippen LogP contribution in [0, 0.1) is 13.8 Å². The SMILES string of the molecule is CCn1cc(Cl)c(C(=O)Nc2ccc(S(=O)(=O)Nc3nc(C)cc(C)n3)cc2)n1. The van der Waals surface area contributed by atoms with Gasteiger partial charge in [-0.1, -0.05) is 11.6 Å². The van der Waals surface area contributed by atoms with Crippen LogP contribution in [0.15, 0.2) is 41.4 Å². The molecule has 1 aromatic carbocycles. The van der Waals surface area contributed by atoms with Crippen molar-refractivity contribution in [1.82, 2.24) is 19.7 Å². The smallest absolute Gasteiger partial charge is 0.277 e. The predicted octanol–water partition coefficient (Wildman–Crippen LogP) is 3.02. The van der Waals surface area contributed by atoms with Gasteiger partial charge in [-0.2, -0.15) is 5.10 Å². The summed E-state index contributed by atoms with van der Waals surface area (Å²) in [5.41, 5.74) is 1.80. The lowest BCUT2D eigenvalue weighted by atomic mass is 10.3. The molecule has 0 aliphatic rings. The van der Waals surface area contributed by atoms with E-state index in [2.05, 4.69) is 25.1 Å². The van der Waals surface area contributed by atoms with Gasteiger partial charge in [-0.05, 0) is 51.1 Å². The molecule has 29 heavy (non-hydrogen) atoms. The van der Waals surface area contributed by atoms with Gasteiger partial charge in [0, 0.05) is 29.8 Å². The molecule has 0 aliphatic carbocycles. The van der Waals surface area contributed by atoms with E-state index in [1.54, 1.807) is 30.8 Å². The number of aromatic nitrogens is 4. The van der Waals surface area contributed by atoms with Gasteiger partial charge >= 0.3 is 0 Å². The molecule has 3 rings (SSSR count). The summed E-state index contributed by atoms with van der Waals surface area (Å²) in [6, 6.07) is 7.42. The molecule has 0 saturated carbocycles. The van der Waals surface area contributed by atoms with Crippen molar-refractivity contribution in [2.75, 3.05) is 10.0 Å². The monoisotopic (exact) mass is 434 g/mol. The first-order valence-corrected chi connectivity index (χ1v) is 10.5. The molecule has 3 aromatic rings. The van der Waals surface area contributed by atoms with Crippen LogP contribution in [0.25, 0.3) is 0 Å². The maximum Gasteiger partial charge on any atom is 0.277 e. The minimum atomic E-state index is -3.88. The van der Waals surface area contributed by atoms with E-state index in [9.17, 15) is 13.2 Å². The van der Waals surface area contributed by atoms with E-state index in [1.807, 2.05) is 6.92 Å². The number of sulfonamides is 1. The zero-order valence-corrected chi connectivity index (χ0v) is 17.5. The number of rotatable bonds is 6. The van der Waals surface area contributed by atoms with Crippen molar-refractivity contribution in [2.24, 2.45) is 0 Å². The van der Waals surface area contributed by atoms with Crippen molar-refractivity contribution >= 4 is 39.2 Å². The fourth-order valence-electron chi connectivity index (χ4n) is 2.57. The van der Waals surface area contributed by atoms with Crippen LogP contribution in [0.2, 0.25) is 5.02 Å². The van der Waals surface area contributed by atoms with E-state index < -0.39 is 15.9 Å². The molecule has 0 saturated heterocycles. The van der Waals surface area contributed by atoms with E-state index in [4.69, 9.17) is 11.6 Å². The lowest BCUT2D eigenvalue weighted by Crippen LogP contribution is -2.16. The van der Waals surface area contributed by atoms with Crippen LogP contribution in [-0.4, -0.2) is 34.1 Å².